The van der Waals surface area contributed by atoms with Crippen LogP contribution in [0.4, 0.5) is 28.4 Å². The van der Waals surface area contributed by atoms with Gasteiger partial charge in [0.05, 0.1) is 5.69 Å². The Balaban J connectivity index is 1.21. The molecule has 0 saturated heterocycles. The summed E-state index contributed by atoms with van der Waals surface area (Å²) in [5.74, 6) is 0. The fraction of sp³-hybridized carbons (Fsp3) is 0.213. The maximum Gasteiger partial charge on any atom is 0.333 e. The van der Waals surface area contributed by atoms with Crippen molar-refractivity contribution >= 4 is 97.0 Å². The SMILES string of the molecule is Cc1cc2c(cc1N1c3cc(C(C)(C)C)cc4c3B(c3ccc5c(oc6ccccc65)c31)N1c3ccccc3[Si](c3ccccc3)(c3ccccc3)c3cccc-4c31)C(C)(C)CCC2(C)C. The lowest BCUT2D eigenvalue weighted by atomic mass is 9.43. The van der Waals surface area contributed by atoms with Gasteiger partial charge < -0.3 is 14.1 Å². The average Bonchev–Trinajstić information content (AvgIpc) is 3.71. The minimum absolute atomic E-state index is 0.0350. The van der Waals surface area contributed by atoms with Crippen LogP contribution >= 0.6 is 0 Å². The topological polar surface area (TPSA) is 19.6 Å². The second kappa shape index (κ2) is 13.5. The molecule has 4 aliphatic rings. The van der Waals surface area contributed by atoms with Crippen LogP contribution in [0.3, 0.4) is 0 Å². The number of anilines is 5. The van der Waals surface area contributed by atoms with Crippen molar-refractivity contribution in [2.45, 2.75) is 84.5 Å². The van der Waals surface area contributed by atoms with Crippen LogP contribution < -0.4 is 41.4 Å². The highest BCUT2D eigenvalue weighted by Gasteiger charge is 2.55. The zero-order valence-electron chi connectivity index (χ0n) is 39.4. The summed E-state index contributed by atoms with van der Waals surface area (Å²) >= 11 is 0. The minimum Gasteiger partial charge on any atom is -0.454 e. The van der Waals surface area contributed by atoms with Crippen LogP contribution in [-0.2, 0) is 16.2 Å². The molecule has 0 atom stereocenters. The fourth-order valence-electron chi connectivity index (χ4n) is 12.8. The molecule has 9 aromatic rings. The number of para-hydroxylation sites is 3. The third-order valence-electron chi connectivity index (χ3n) is 16.2. The first-order chi connectivity index (χ1) is 31.8. The normalized spacial score (nSPS) is 16.9. The van der Waals surface area contributed by atoms with Gasteiger partial charge in [0, 0.05) is 39.1 Å². The molecule has 1 aromatic heterocycles. The van der Waals surface area contributed by atoms with Gasteiger partial charge in [-0.25, -0.2) is 0 Å². The predicted molar refractivity (Wildman–Crippen MR) is 283 cm³/mol. The van der Waals surface area contributed by atoms with Crippen LogP contribution in [0.2, 0.25) is 0 Å². The van der Waals surface area contributed by atoms with E-state index in [-0.39, 0.29) is 23.1 Å². The molecule has 5 heteroatoms. The van der Waals surface area contributed by atoms with Gasteiger partial charge in [-0.1, -0.05) is 188 Å². The monoisotopic (exact) mass is 870 g/mol. The number of benzene rings is 8. The first-order valence-electron chi connectivity index (χ1n) is 24.0. The lowest BCUT2D eigenvalue weighted by molar-refractivity contribution is 0.332. The van der Waals surface area contributed by atoms with Crippen LogP contribution in [0.25, 0.3) is 33.1 Å². The van der Waals surface area contributed by atoms with E-state index in [0.29, 0.717) is 0 Å². The number of hydrogen-bond donors (Lipinski definition) is 0. The van der Waals surface area contributed by atoms with Crippen molar-refractivity contribution < 1.29 is 4.42 Å². The first-order valence-corrected chi connectivity index (χ1v) is 26.0. The molecule has 3 nitrogen and oxygen atoms in total. The number of furan rings is 1. The van der Waals surface area contributed by atoms with Gasteiger partial charge in [0.15, 0.2) is 13.7 Å². The number of rotatable bonds is 3. The maximum atomic E-state index is 7.22. The largest absolute Gasteiger partial charge is 0.454 e. The van der Waals surface area contributed by atoms with Crippen molar-refractivity contribution in [2.75, 3.05) is 9.71 Å². The predicted octanol–water partition coefficient (Wildman–Crippen LogP) is 11.9. The van der Waals surface area contributed by atoms with E-state index in [1.165, 1.54) is 94.2 Å². The first kappa shape index (κ1) is 39.8. The van der Waals surface area contributed by atoms with Gasteiger partial charge in [0.25, 0.3) is 0 Å². The second-order valence-corrected chi connectivity index (χ2v) is 25.7. The molecule has 0 saturated carbocycles. The van der Waals surface area contributed by atoms with Crippen molar-refractivity contribution in [1.29, 1.82) is 0 Å². The van der Waals surface area contributed by atoms with Crippen LogP contribution in [0.5, 0.6) is 0 Å². The zero-order chi connectivity index (χ0) is 45.1. The van der Waals surface area contributed by atoms with E-state index in [0.717, 1.165) is 34.0 Å². The van der Waals surface area contributed by atoms with E-state index >= 15 is 0 Å². The van der Waals surface area contributed by atoms with Crippen LogP contribution in [0, 0.1) is 6.92 Å². The summed E-state index contributed by atoms with van der Waals surface area (Å²) in [4.78, 5) is 5.41. The molecule has 0 radical (unpaired) electrons. The quantitative estimate of drug-likeness (QED) is 0.165. The lowest BCUT2D eigenvalue weighted by Crippen LogP contribution is -2.79. The Morgan fingerprint density at radius 2 is 1.20 bits per heavy atom. The highest BCUT2D eigenvalue weighted by Crippen LogP contribution is 2.54. The van der Waals surface area contributed by atoms with Gasteiger partial charge >= 0.3 is 6.85 Å². The Bertz CT molecular complexity index is 3470. The van der Waals surface area contributed by atoms with Crippen molar-refractivity contribution in [2.24, 2.45) is 0 Å². The molecule has 8 aromatic carbocycles. The third kappa shape index (κ3) is 5.21. The summed E-state index contributed by atoms with van der Waals surface area (Å²) in [5.41, 5.74) is 18.9. The standard InChI is InChI=1S/C61H55BN2OSi/c1-38-34-46-47(61(7,8)33-32-60(46,5)6)37-50(38)63-51-36-39(59(2,3)4)35-45-43-25-19-29-54-56(43)64(62(55(45)51)48-31-30-44-42-24-15-17-27-52(42)65-58(44)57(48)63)49-26-16-18-28-53(49)66(54,40-20-11-9-12-21-40)41-22-13-10-14-23-41/h9-31,34-37H,32-33H2,1-8H3. The van der Waals surface area contributed by atoms with Gasteiger partial charge in [0.2, 0.25) is 0 Å². The van der Waals surface area contributed by atoms with E-state index in [2.05, 4.69) is 229 Å². The molecule has 13 rings (SSSR count). The number of fused-ring (bicyclic) bond motifs is 11. The minimum atomic E-state index is -2.88. The molecule has 0 amide bonds. The van der Waals surface area contributed by atoms with E-state index in [1.807, 2.05) is 0 Å². The third-order valence-corrected chi connectivity index (χ3v) is 21.1. The van der Waals surface area contributed by atoms with Crippen molar-refractivity contribution in [3.63, 3.8) is 0 Å². The molecule has 0 spiro atoms. The molecule has 322 valence electrons. The summed E-state index contributed by atoms with van der Waals surface area (Å²) in [6.45, 7) is 19.1. The molecular weight excluding hydrogens is 816 g/mol. The Morgan fingerprint density at radius 3 is 1.91 bits per heavy atom. The van der Waals surface area contributed by atoms with Crippen molar-refractivity contribution in [1.82, 2.24) is 0 Å². The highest BCUT2D eigenvalue weighted by molar-refractivity contribution is 7.22. The van der Waals surface area contributed by atoms with E-state index in [1.54, 1.807) is 0 Å². The van der Waals surface area contributed by atoms with Crippen molar-refractivity contribution in [3.8, 4) is 11.1 Å². The molecular formula is C61H55BN2OSi. The van der Waals surface area contributed by atoms with E-state index in [4.69, 9.17) is 4.42 Å². The summed E-state index contributed by atoms with van der Waals surface area (Å²) in [6, 6.07) is 63.2. The summed E-state index contributed by atoms with van der Waals surface area (Å²) in [6.07, 6.45) is 2.33. The second-order valence-electron chi connectivity index (χ2n) is 21.9. The molecule has 0 fully saturated rings. The summed E-state index contributed by atoms with van der Waals surface area (Å²) in [5, 5.41) is 7.97. The molecule has 4 heterocycles. The van der Waals surface area contributed by atoms with Gasteiger partial charge in [-0.15, -0.1) is 0 Å². The molecule has 66 heavy (non-hydrogen) atoms. The zero-order valence-corrected chi connectivity index (χ0v) is 40.4. The molecule has 3 aliphatic heterocycles. The number of hydrogen-bond acceptors (Lipinski definition) is 3. The molecule has 1 aliphatic carbocycles. The fourth-order valence-corrected chi connectivity index (χ4v) is 17.9. The van der Waals surface area contributed by atoms with Gasteiger partial charge in [0.1, 0.15) is 5.58 Å². The Kier molecular flexibility index (Phi) is 8.15. The van der Waals surface area contributed by atoms with E-state index < -0.39 is 8.07 Å². The molecule has 0 unspecified atom stereocenters. The molecule has 0 N–H and O–H groups in total. The van der Waals surface area contributed by atoms with E-state index in [9.17, 15) is 0 Å². The lowest BCUT2D eigenvalue weighted by Gasteiger charge is -2.52. The van der Waals surface area contributed by atoms with Gasteiger partial charge in [-0.05, 0) is 120 Å². The maximum absolute atomic E-state index is 7.22. The van der Waals surface area contributed by atoms with Crippen LogP contribution in [0.15, 0.2) is 168 Å². The smallest absolute Gasteiger partial charge is 0.333 e. The number of aryl methyl sites for hydroxylation is 1. The van der Waals surface area contributed by atoms with Crippen LogP contribution in [-0.4, -0.2) is 14.9 Å². The summed E-state index contributed by atoms with van der Waals surface area (Å²) in [7, 11) is -2.88. The number of nitrogens with zero attached hydrogens (tertiary/aromatic N) is 2. The Morgan fingerprint density at radius 1 is 0.561 bits per heavy atom. The highest BCUT2D eigenvalue weighted by atomic mass is 28.3. The summed E-state index contributed by atoms with van der Waals surface area (Å²) < 4.78 is 7.22. The molecule has 0 bridgehead atoms. The Labute approximate surface area is 390 Å². The van der Waals surface area contributed by atoms with Crippen molar-refractivity contribution in [3.05, 3.63) is 186 Å². The Hall–Kier alpha value is -6.56. The van der Waals surface area contributed by atoms with Crippen LogP contribution in [0.1, 0.15) is 83.6 Å². The average molecular weight is 871 g/mol. The van der Waals surface area contributed by atoms with Gasteiger partial charge in [-0.3, -0.25) is 0 Å². The van der Waals surface area contributed by atoms with Gasteiger partial charge in [-0.2, -0.15) is 0 Å².